The molecule has 0 amide bonds. The fraction of sp³-hybridized carbons (Fsp3) is 0.778. The number of aliphatic carboxylic acids is 1. The Balaban J connectivity index is 4.23. The molecule has 0 aliphatic heterocycles. The Morgan fingerprint density at radius 3 is 2.23 bits per heavy atom. The summed E-state index contributed by atoms with van der Waals surface area (Å²) < 4.78 is 4.73. The van der Waals surface area contributed by atoms with Gasteiger partial charge in [-0.2, -0.15) is 0 Å². The normalized spacial score (nSPS) is 13.5. The average Bonchev–Trinajstić information content (AvgIpc) is 2.04. The van der Waals surface area contributed by atoms with Crippen LogP contribution < -0.4 is 0 Å². The molecule has 0 saturated carbocycles. The van der Waals surface area contributed by atoms with Gasteiger partial charge in [-0.3, -0.25) is 4.79 Å². The fourth-order valence-corrected chi connectivity index (χ4v) is 0.515. The number of carbonyl (C=O) groups is 2. The Hall–Kier alpha value is -1.06. The van der Waals surface area contributed by atoms with E-state index in [0.717, 1.165) is 0 Å². The summed E-state index contributed by atoms with van der Waals surface area (Å²) in [5.41, 5.74) is -0.607. The van der Waals surface area contributed by atoms with E-state index >= 15 is 0 Å². The number of hydrogen-bond acceptors (Lipinski definition) is 3. The van der Waals surface area contributed by atoms with Gasteiger partial charge in [0.15, 0.2) is 6.10 Å². The molecule has 0 fully saturated rings. The van der Waals surface area contributed by atoms with Crippen molar-refractivity contribution in [2.24, 2.45) is 5.41 Å². The monoisotopic (exact) mass is 188 g/mol. The van der Waals surface area contributed by atoms with Crippen molar-refractivity contribution in [3.05, 3.63) is 0 Å². The smallest absolute Gasteiger partial charge is 0.344 e. The molecule has 0 rings (SSSR count). The van der Waals surface area contributed by atoms with Crippen LogP contribution in [0.1, 0.15) is 34.1 Å². The molecule has 76 valence electrons. The molecule has 1 unspecified atom stereocenters. The highest BCUT2D eigenvalue weighted by Crippen LogP contribution is 2.22. The third-order valence-electron chi connectivity index (χ3n) is 2.07. The lowest BCUT2D eigenvalue weighted by Gasteiger charge is -2.21. The minimum atomic E-state index is -1.12. The first kappa shape index (κ1) is 11.9. The van der Waals surface area contributed by atoms with E-state index in [2.05, 4.69) is 0 Å². The standard InChI is InChI=1S/C9H16O4/c1-5-9(3,4)8(12)13-6(2)7(10)11/h6H,5H2,1-4H3,(H,10,11). The molecule has 0 spiro atoms. The van der Waals surface area contributed by atoms with Gasteiger partial charge in [0.05, 0.1) is 5.41 Å². The first-order chi connectivity index (χ1) is 5.81. The van der Waals surface area contributed by atoms with Crippen molar-refractivity contribution in [1.82, 2.24) is 0 Å². The molecule has 0 aromatic rings. The van der Waals surface area contributed by atoms with Crippen LogP contribution in [0.15, 0.2) is 0 Å². The van der Waals surface area contributed by atoms with Gasteiger partial charge in [0, 0.05) is 0 Å². The first-order valence-electron chi connectivity index (χ1n) is 4.25. The second kappa shape index (κ2) is 4.25. The Morgan fingerprint density at radius 2 is 1.92 bits per heavy atom. The zero-order valence-corrected chi connectivity index (χ0v) is 8.46. The lowest BCUT2D eigenvalue weighted by Crippen LogP contribution is -2.32. The second-order valence-corrected chi connectivity index (χ2v) is 3.62. The number of carboxylic acid groups (broad SMARTS) is 1. The zero-order valence-electron chi connectivity index (χ0n) is 8.46. The third-order valence-corrected chi connectivity index (χ3v) is 2.07. The summed E-state index contributed by atoms with van der Waals surface area (Å²) in [6.07, 6.45) is -0.448. The molecule has 1 atom stereocenters. The minimum absolute atomic E-state index is 0.468. The van der Waals surface area contributed by atoms with Gasteiger partial charge in [-0.15, -0.1) is 0 Å². The summed E-state index contributed by atoms with van der Waals surface area (Å²) in [6.45, 7) is 6.65. The minimum Gasteiger partial charge on any atom is -0.479 e. The van der Waals surface area contributed by atoms with Crippen LogP contribution in [0.5, 0.6) is 0 Å². The van der Waals surface area contributed by atoms with Crippen LogP contribution >= 0.6 is 0 Å². The molecule has 0 heterocycles. The van der Waals surface area contributed by atoms with Gasteiger partial charge in [-0.05, 0) is 27.2 Å². The number of rotatable bonds is 4. The van der Waals surface area contributed by atoms with E-state index in [4.69, 9.17) is 9.84 Å². The van der Waals surface area contributed by atoms with Crippen molar-refractivity contribution in [2.45, 2.75) is 40.2 Å². The number of ether oxygens (including phenoxy) is 1. The van der Waals surface area contributed by atoms with Crippen molar-refractivity contribution < 1.29 is 19.4 Å². The Kier molecular flexibility index (Phi) is 3.91. The van der Waals surface area contributed by atoms with Gasteiger partial charge >= 0.3 is 11.9 Å². The summed E-state index contributed by atoms with van der Waals surface area (Å²) in [4.78, 5) is 21.7. The molecule has 4 nitrogen and oxygen atoms in total. The van der Waals surface area contributed by atoms with E-state index in [1.165, 1.54) is 6.92 Å². The molecule has 1 N–H and O–H groups in total. The molecular formula is C9H16O4. The molecule has 4 heteroatoms. The molecule has 0 aliphatic carbocycles. The molecule has 0 saturated heterocycles. The summed E-state index contributed by atoms with van der Waals surface area (Å²) in [5, 5.41) is 8.49. The molecule has 0 aromatic heterocycles. The maximum atomic E-state index is 11.3. The predicted octanol–water partition coefficient (Wildman–Crippen LogP) is 1.44. The Bertz CT molecular complexity index is 208. The molecule has 0 aliphatic rings. The van der Waals surface area contributed by atoms with Crippen LogP contribution in [-0.2, 0) is 14.3 Å². The maximum absolute atomic E-state index is 11.3. The number of esters is 1. The van der Waals surface area contributed by atoms with Gasteiger partial charge in [-0.1, -0.05) is 6.92 Å². The van der Waals surface area contributed by atoms with Crippen LogP contribution in [0, 0.1) is 5.41 Å². The number of carbonyl (C=O) groups excluding carboxylic acids is 1. The Morgan fingerprint density at radius 1 is 1.46 bits per heavy atom. The highest BCUT2D eigenvalue weighted by atomic mass is 16.6. The van der Waals surface area contributed by atoms with Gasteiger partial charge in [0.25, 0.3) is 0 Å². The summed E-state index contributed by atoms with van der Waals surface area (Å²) >= 11 is 0. The van der Waals surface area contributed by atoms with Crippen molar-refractivity contribution in [3.8, 4) is 0 Å². The van der Waals surface area contributed by atoms with Crippen LogP contribution in [0.3, 0.4) is 0 Å². The van der Waals surface area contributed by atoms with Crippen molar-refractivity contribution in [3.63, 3.8) is 0 Å². The number of hydrogen-bond donors (Lipinski definition) is 1. The van der Waals surface area contributed by atoms with E-state index in [1.807, 2.05) is 6.92 Å². The number of carboxylic acids is 1. The highest BCUT2D eigenvalue weighted by Gasteiger charge is 2.30. The Labute approximate surface area is 77.9 Å². The lowest BCUT2D eigenvalue weighted by atomic mass is 9.91. The average molecular weight is 188 g/mol. The third kappa shape index (κ3) is 3.44. The van der Waals surface area contributed by atoms with E-state index in [1.54, 1.807) is 13.8 Å². The van der Waals surface area contributed by atoms with E-state index in [0.29, 0.717) is 6.42 Å². The molecule has 0 bridgehead atoms. The topological polar surface area (TPSA) is 63.6 Å². The summed E-state index contributed by atoms with van der Waals surface area (Å²) in [5.74, 6) is -1.59. The fourth-order valence-electron chi connectivity index (χ4n) is 0.515. The van der Waals surface area contributed by atoms with E-state index in [9.17, 15) is 9.59 Å². The molecule has 0 radical (unpaired) electrons. The van der Waals surface area contributed by atoms with Gasteiger partial charge < -0.3 is 9.84 Å². The first-order valence-corrected chi connectivity index (χ1v) is 4.25. The summed E-state index contributed by atoms with van der Waals surface area (Å²) in [6, 6.07) is 0. The van der Waals surface area contributed by atoms with E-state index < -0.39 is 23.5 Å². The van der Waals surface area contributed by atoms with Crippen LogP contribution in [0.4, 0.5) is 0 Å². The van der Waals surface area contributed by atoms with Gasteiger partial charge in [0.2, 0.25) is 0 Å². The second-order valence-electron chi connectivity index (χ2n) is 3.62. The largest absolute Gasteiger partial charge is 0.479 e. The van der Waals surface area contributed by atoms with Crippen LogP contribution in [0.25, 0.3) is 0 Å². The van der Waals surface area contributed by atoms with Crippen molar-refractivity contribution >= 4 is 11.9 Å². The van der Waals surface area contributed by atoms with E-state index in [-0.39, 0.29) is 0 Å². The molecular weight excluding hydrogens is 172 g/mol. The predicted molar refractivity (Wildman–Crippen MR) is 47.3 cm³/mol. The molecule has 13 heavy (non-hydrogen) atoms. The zero-order chi connectivity index (χ0) is 10.6. The maximum Gasteiger partial charge on any atom is 0.344 e. The van der Waals surface area contributed by atoms with Gasteiger partial charge in [-0.25, -0.2) is 4.79 Å². The quantitative estimate of drug-likeness (QED) is 0.678. The highest BCUT2D eigenvalue weighted by molar-refractivity contribution is 5.80. The lowest BCUT2D eigenvalue weighted by molar-refractivity contribution is -0.169. The van der Waals surface area contributed by atoms with Crippen LogP contribution in [0.2, 0.25) is 0 Å². The van der Waals surface area contributed by atoms with Crippen LogP contribution in [-0.4, -0.2) is 23.1 Å². The van der Waals surface area contributed by atoms with Crippen molar-refractivity contribution in [2.75, 3.05) is 0 Å². The SMILES string of the molecule is CCC(C)(C)C(=O)OC(C)C(=O)O. The summed E-state index contributed by atoms with van der Waals surface area (Å²) in [7, 11) is 0. The van der Waals surface area contributed by atoms with Crippen molar-refractivity contribution in [1.29, 1.82) is 0 Å². The molecule has 0 aromatic carbocycles. The van der Waals surface area contributed by atoms with Gasteiger partial charge in [0.1, 0.15) is 0 Å².